The van der Waals surface area contributed by atoms with E-state index in [9.17, 15) is 4.79 Å². The molecule has 1 aromatic heterocycles. The number of aryl methyl sites for hydroxylation is 1. The maximum atomic E-state index is 12.0. The minimum absolute atomic E-state index is 0.0206. The second kappa shape index (κ2) is 5.97. The van der Waals surface area contributed by atoms with Crippen molar-refractivity contribution in [3.05, 3.63) is 18.0 Å². The van der Waals surface area contributed by atoms with Crippen molar-refractivity contribution in [2.45, 2.75) is 19.6 Å². The minimum Gasteiger partial charge on any atom is -0.376 e. The first-order chi connectivity index (χ1) is 8.65. The van der Waals surface area contributed by atoms with Gasteiger partial charge < -0.3 is 14.4 Å². The Morgan fingerprint density at radius 3 is 3.06 bits per heavy atom. The number of hydrogen-bond acceptors (Lipinski definition) is 4. The predicted molar refractivity (Wildman–Crippen MR) is 65.2 cm³/mol. The van der Waals surface area contributed by atoms with Gasteiger partial charge in [-0.3, -0.25) is 9.48 Å². The van der Waals surface area contributed by atoms with Crippen molar-refractivity contribution in [2.75, 3.05) is 33.4 Å². The van der Waals surface area contributed by atoms with Crippen LogP contribution in [0.4, 0.5) is 0 Å². The van der Waals surface area contributed by atoms with E-state index in [0.29, 0.717) is 26.4 Å². The fourth-order valence-electron chi connectivity index (χ4n) is 1.86. The average molecular weight is 253 g/mol. The topological polar surface area (TPSA) is 56.6 Å². The van der Waals surface area contributed by atoms with Gasteiger partial charge in [-0.05, 0) is 12.5 Å². The molecule has 0 unspecified atom stereocenters. The number of carbonyl (C=O) groups is 1. The van der Waals surface area contributed by atoms with Crippen LogP contribution in [0.15, 0.2) is 12.4 Å². The van der Waals surface area contributed by atoms with Crippen molar-refractivity contribution in [3.63, 3.8) is 0 Å². The summed E-state index contributed by atoms with van der Waals surface area (Å²) in [5.74, 6) is 0.0206. The van der Waals surface area contributed by atoms with Crippen molar-refractivity contribution < 1.29 is 14.3 Å². The van der Waals surface area contributed by atoms with Crippen LogP contribution in [0, 0.1) is 6.92 Å². The quantitative estimate of drug-likeness (QED) is 0.761. The Morgan fingerprint density at radius 1 is 1.61 bits per heavy atom. The summed E-state index contributed by atoms with van der Waals surface area (Å²) in [5.41, 5.74) is 1.05. The van der Waals surface area contributed by atoms with Gasteiger partial charge in [0.15, 0.2) is 0 Å². The van der Waals surface area contributed by atoms with Crippen molar-refractivity contribution >= 4 is 5.91 Å². The van der Waals surface area contributed by atoms with Gasteiger partial charge in [-0.2, -0.15) is 5.10 Å². The van der Waals surface area contributed by atoms with Gasteiger partial charge in [0.2, 0.25) is 5.91 Å². The molecule has 6 nitrogen and oxygen atoms in total. The normalized spacial score (nSPS) is 19.8. The van der Waals surface area contributed by atoms with E-state index in [0.717, 1.165) is 5.56 Å². The highest BCUT2D eigenvalue weighted by Crippen LogP contribution is 2.03. The van der Waals surface area contributed by atoms with Gasteiger partial charge in [-0.25, -0.2) is 0 Å². The van der Waals surface area contributed by atoms with E-state index in [2.05, 4.69) is 5.10 Å². The molecule has 2 rings (SSSR count). The number of rotatable bonds is 4. The van der Waals surface area contributed by atoms with E-state index < -0.39 is 0 Å². The van der Waals surface area contributed by atoms with E-state index in [1.165, 1.54) is 0 Å². The molecule has 0 aromatic carbocycles. The zero-order chi connectivity index (χ0) is 13.0. The Hall–Kier alpha value is -1.40. The second-order valence-electron chi connectivity index (χ2n) is 4.56. The standard InChI is InChI=1S/C12H19N3O3/c1-10-5-13-15(6-10)8-12(16)14(2)7-11-9-17-3-4-18-11/h5-6,11H,3-4,7-9H2,1-2H3/t11-/m0/s1. The van der Waals surface area contributed by atoms with Gasteiger partial charge in [0.25, 0.3) is 0 Å². The molecule has 1 saturated heterocycles. The fraction of sp³-hybridized carbons (Fsp3) is 0.667. The molecule has 1 amide bonds. The van der Waals surface area contributed by atoms with E-state index in [1.807, 2.05) is 13.1 Å². The molecule has 1 fully saturated rings. The van der Waals surface area contributed by atoms with Crippen LogP contribution in [0.3, 0.4) is 0 Å². The first-order valence-corrected chi connectivity index (χ1v) is 6.07. The molecule has 100 valence electrons. The average Bonchev–Trinajstić information content (AvgIpc) is 2.76. The van der Waals surface area contributed by atoms with Gasteiger partial charge in [0.05, 0.1) is 32.1 Å². The summed E-state index contributed by atoms with van der Waals surface area (Å²) in [6.07, 6.45) is 3.57. The molecule has 0 bridgehead atoms. The summed E-state index contributed by atoms with van der Waals surface area (Å²) in [6, 6.07) is 0. The van der Waals surface area contributed by atoms with E-state index >= 15 is 0 Å². The van der Waals surface area contributed by atoms with Crippen molar-refractivity contribution in [1.29, 1.82) is 0 Å². The third kappa shape index (κ3) is 3.54. The third-order valence-corrected chi connectivity index (χ3v) is 2.85. The van der Waals surface area contributed by atoms with E-state index in [4.69, 9.17) is 9.47 Å². The fourth-order valence-corrected chi connectivity index (χ4v) is 1.86. The summed E-state index contributed by atoms with van der Waals surface area (Å²) in [5, 5.41) is 4.10. The first kappa shape index (κ1) is 13.0. The highest BCUT2D eigenvalue weighted by Gasteiger charge is 2.19. The van der Waals surface area contributed by atoms with Crippen LogP contribution in [0.5, 0.6) is 0 Å². The molecule has 0 N–H and O–H groups in total. The third-order valence-electron chi connectivity index (χ3n) is 2.85. The predicted octanol–water partition coefficient (Wildman–Crippen LogP) is 0.0653. The van der Waals surface area contributed by atoms with Gasteiger partial charge in [0.1, 0.15) is 6.54 Å². The number of likely N-dealkylation sites (N-methyl/N-ethyl adjacent to an activating group) is 1. The molecule has 0 saturated carbocycles. The Kier molecular flexibility index (Phi) is 4.33. The number of hydrogen-bond donors (Lipinski definition) is 0. The minimum atomic E-state index is -0.0212. The van der Waals surface area contributed by atoms with Crippen LogP contribution < -0.4 is 0 Å². The number of nitrogens with zero attached hydrogens (tertiary/aromatic N) is 3. The van der Waals surface area contributed by atoms with Crippen LogP contribution >= 0.6 is 0 Å². The first-order valence-electron chi connectivity index (χ1n) is 6.07. The van der Waals surface area contributed by atoms with Gasteiger partial charge >= 0.3 is 0 Å². The second-order valence-corrected chi connectivity index (χ2v) is 4.56. The largest absolute Gasteiger partial charge is 0.376 e. The zero-order valence-electron chi connectivity index (χ0n) is 10.8. The number of ether oxygens (including phenoxy) is 2. The van der Waals surface area contributed by atoms with Crippen molar-refractivity contribution in [1.82, 2.24) is 14.7 Å². The Balaban J connectivity index is 1.80. The van der Waals surface area contributed by atoms with Crippen LogP contribution in [-0.2, 0) is 20.8 Å². The Labute approximate surface area is 106 Å². The molecule has 18 heavy (non-hydrogen) atoms. The number of carbonyl (C=O) groups excluding carboxylic acids is 1. The summed E-state index contributed by atoms with van der Waals surface area (Å²) in [4.78, 5) is 13.6. The molecule has 0 spiro atoms. The smallest absolute Gasteiger partial charge is 0.244 e. The van der Waals surface area contributed by atoms with Crippen molar-refractivity contribution in [2.24, 2.45) is 0 Å². The molecule has 2 heterocycles. The summed E-state index contributed by atoms with van der Waals surface area (Å²) < 4.78 is 12.5. The molecular weight excluding hydrogens is 234 g/mol. The summed E-state index contributed by atoms with van der Waals surface area (Å²) >= 11 is 0. The SMILES string of the molecule is Cc1cnn(CC(=O)N(C)C[C@H]2COCCO2)c1. The van der Waals surface area contributed by atoms with Crippen LogP contribution in [-0.4, -0.2) is 60.1 Å². The Morgan fingerprint density at radius 2 is 2.44 bits per heavy atom. The highest BCUT2D eigenvalue weighted by atomic mass is 16.6. The lowest BCUT2D eigenvalue weighted by atomic mass is 10.3. The van der Waals surface area contributed by atoms with Crippen LogP contribution in [0.2, 0.25) is 0 Å². The Bertz CT molecular complexity index is 399. The van der Waals surface area contributed by atoms with Crippen molar-refractivity contribution in [3.8, 4) is 0 Å². The molecule has 1 atom stereocenters. The lowest BCUT2D eigenvalue weighted by Crippen LogP contribution is -2.41. The monoisotopic (exact) mass is 253 g/mol. The van der Waals surface area contributed by atoms with Crippen LogP contribution in [0.1, 0.15) is 5.56 Å². The molecular formula is C12H19N3O3. The number of aromatic nitrogens is 2. The maximum absolute atomic E-state index is 12.0. The number of amides is 1. The van der Waals surface area contributed by atoms with E-state index in [-0.39, 0.29) is 18.6 Å². The molecule has 1 aromatic rings. The molecule has 6 heteroatoms. The highest BCUT2D eigenvalue weighted by molar-refractivity contribution is 5.75. The summed E-state index contributed by atoms with van der Waals surface area (Å²) in [7, 11) is 1.77. The maximum Gasteiger partial charge on any atom is 0.244 e. The lowest BCUT2D eigenvalue weighted by Gasteiger charge is -2.27. The molecule has 0 aliphatic carbocycles. The van der Waals surface area contributed by atoms with Gasteiger partial charge in [-0.1, -0.05) is 0 Å². The molecule has 1 aliphatic rings. The molecule has 0 radical (unpaired) electrons. The van der Waals surface area contributed by atoms with Gasteiger partial charge in [0, 0.05) is 19.8 Å². The summed E-state index contributed by atoms with van der Waals surface area (Å²) in [6.45, 7) is 4.56. The van der Waals surface area contributed by atoms with E-state index in [1.54, 1.807) is 22.8 Å². The molecule has 1 aliphatic heterocycles. The lowest BCUT2D eigenvalue weighted by molar-refractivity contribution is -0.137. The zero-order valence-corrected chi connectivity index (χ0v) is 10.8. The van der Waals surface area contributed by atoms with Gasteiger partial charge in [-0.15, -0.1) is 0 Å². The van der Waals surface area contributed by atoms with Crippen LogP contribution in [0.25, 0.3) is 0 Å².